The maximum absolute atomic E-state index is 12.7. The minimum atomic E-state index is -3.93. The molecule has 0 spiro atoms. The van der Waals surface area contributed by atoms with Crippen LogP contribution in [-0.2, 0) is 19.6 Å². The number of benzene rings is 2. The molecule has 0 bridgehead atoms. The molecule has 0 saturated heterocycles. The second-order valence-electron chi connectivity index (χ2n) is 6.92. The van der Waals surface area contributed by atoms with Gasteiger partial charge in [-0.1, -0.05) is 43.6 Å². The normalized spacial score (nSPS) is 12.2. The Morgan fingerprint density at radius 1 is 1.10 bits per heavy atom. The molecule has 30 heavy (non-hydrogen) atoms. The number of rotatable bonds is 8. The van der Waals surface area contributed by atoms with Gasteiger partial charge in [-0.05, 0) is 42.7 Å². The van der Waals surface area contributed by atoms with Crippen LogP contribution < -0.4 is 15.4 Å². The van der Waals surface area contributed by atoms with Gasteiger partial charge >= 0.3 is 6.09 Å². The fourth-order valence-electron chi connectivity index (χ4n) is 2.62. The van der Waals surface area contributed by atoms with Crippen molar-refractivity contribution >= 4 is 45.0 Å². The van der Waals surface area contributed by atoms with Crippen molar-refractivity contribution in [1.82, 2.24) is 5.32 Å². The van der Waals surface area contributed by atoms with Crippen LogP contribution in [0.4, 0.5) is 16.2 Å². The number of hydrogen-bond acceptors (Lipinski definition) is 5. The van der Waals surface area contributed by atoms with E-state index in [9.17, 15) is 18.0 Å². The highest BCUT2D eigenvalue weighted by Crippen LogP contribution is 2.25. The largest absolute Gasteiger partial charge is 0.453 e. The van der Waals surface area contributed by atoms with E-state index in [4.69, 9.17) is 11.6 Å². The van der Waals surface area contributed by atoms with Gasteiger partial charge in [-0.2, -0.15) is 0 Å². The summed E-state index contributed by atoms with van der Waals surface area (Å²) in [6.07, 6.45) is -0.344. The van der Waals surface area contributed by atoms with E-state index >= 15 is 0 Å². The summed E-state index contributed by atoms with van der Waals surface area (Å²) in [5.41, 5.74) is 0.510. The Hall–Kier alpha value is -2.78. The highest BCUT2D eigenvalue weighted by atomic mass is 35.5. The van der Waals surface area contributed by atoms with Crippen molar-refractivity contribution in [3.63, 3.8) is 0 Å². The molecule has 3 N–H and O–H groups in total. The predicted octanol–water partition coefficient (Wildman–Crippen LogP) is 3.85. The van der Waals surface area contributed by atoms with Crippen LogP contribution >= 0.6 is 11.6 Å². The molecule has 2 aromatic rings. The lowest BCUT2D eigenvalue weighted by Gasteiger charge is -2.19. The van der Waals surface area contributed by atoms with Gasteiger partial charge in [0.1, 0.15) is 6.04 Å². The monoisotopic (exact) mass is 453 g/mol. The molecule has 8 nitrogen and oxygen atoms in total. The molecule has 2 rings (SSSR count). The molecule has 0 saturated carbocycles. The SMILES string of the molecule is COC(=O)NC(CC(C)C)C(=O)Nc1cccc(S(=O)(=O)Nc2ccccc2Cl)c1. The second-order valence-corrected chi connectivity index (χ2v) is 9.01. The molecule has 0 aliphatic carbocycles. The van der Waals surface area contributed by atoms with Crippen molar-refractivity contribution in [2.75, 3.05) is 17.1 Å². The first kappa shape index (κ1) is 23.5. The van der Waals surface area contributed by atoms with Crippen molar-refractivity contribution < 1.29 is 22.7 Å². The minimum Gasteiger partial charge on any atom is -0.453 e. The first-order valence-corrected chi connectivity index (χ1v) is 11.0. The third-order valence-electron chi connectivity index (χ3n) is 4.03. The molecule has 0 heterocycles. The van der Waals surface area contributed by atoms with E-state index < -0.39 is 28.1 Å². The summed E-state index contributed by atoms with van der Waals surface area (Å²) in [5, 5.41) is 5.38. The van der Waals surface area contributed by atoms with Crippen LogP contribution in [0.5, 0.6) is 0 Å². The van der Waals surface area contributed by atoms with E-state index in [1.165, 1.54) is 25.3 Å². The number of ether oxygens (including phenoxy) is 1. The van der Waals surface area contributed by atoms with E-state index in [2.05, 4.69) is 20.1 Å². The highest BCUT2D eigenvalue weighted by Gasteiger charge is 2.23. The fraction of sp³-hybridized carbons (Fsp3) is 0.300. The molecule has 2 aromatic carbocycles. The number of methoxy groups -OCH3 is 1. The van der Waals surface area contributed by atoms with E-state index in [0.717, 1.165) is 0 Å². The van der Waals surface area contributed by atoms with E-state index in [-0.39, 0.29) is 27.2 Å². The number of halogens is 1. The average Bonchev–Trinajstić information content (AvgIpc) is 2.69. The Balaban J connectivity index is 2.20. The van der Waals surface area contributed by atoms with Gasteiger partial charge in [0.25, 0.3) is 10.0 Å². The number of alkyl carbamates (subject to hydrolysis) is 1. The van der Waals surface area contributed by atoms with Crippen LogP contribution in [-0.4, -0.2) is 33.6 Å². The maximum atomic E-state index is 12.7. The van der Waals surface area contributed by atoms with Crippen LogP contribution in [0, 0.1) is 5.92 Å². The third-order valence-corrected chi connectivity index (χ3v) is 5.72. The molecule has 0 aliphatic rings. The molecular weight excluding hydrogens is 430 g/mol. The van der Waals surface area contributed by atoms with Gasteiger partial charge in [0.15, 0.2) is 0 Å². The summed E-state index contributed by atoms with van der Waals surface area (Å²) in [7, 11) is -2.72. The van der Waals surface area contributed by atoms with Gasteiger partial charge in [0, 0.05) is 5.69 Å². The number of nitrogens with one attached hydrogen (secondary N) is 3. The number of carbonyl (C=O) groups is 2. The van der Waals surface area contributed by atoms with Crippen molar-refractivity contribution in [3.05, 3.63) is 53.6 Å². The van der Waals surface area contributed by atoms with Gasteiger partial charge in [0.2, 0.25) is 5.91 Å². The Kier molecular flexibility index (Phi) is 8.08. The van der Waals surface area contributed by atoms with Crippen LogP contribution in [0.15, 0.2) is 53.4 Å². The van der Waals surface area contributed by atoms with Gasteiger partial charge < -0.3 is 15.4 Å². The van der Waals surface area contributed by atoms with E-state index in [1.54, 1.807) is 30.3 Å². The minimum absolute atomic E-state index is 0.0541. The molecule has 0 aromatic heterocycles. The van der Waals surface area contributed by atoms with Crippen LogP contribution in [0.3, 0.4) is 0 Å². The fourth-order valence-corrected chi connectivity index (χ4v) is 3.99. The molecule has 1 unspecified atom stereocenters. The zero-order valence-corrected chi connectivity index (χ0v) is 18.4. The standard InChI is InChI=1S/C20H24ClN3O5S/c1-13(2)11-18(23-20(26)29-3)19(25)22-14-7-6-8-15(12-14)30(27,28)24-17-10-5-4-9-16(17)21/h4-10,12-13,18,24H,11H2,1-3H3,(H,22,25)(H,23,26). The lowest BCUT2D eigenvalue weighted by molar-refractivity contribution is -0.118. The Bertz CT molecular complexity index is 1010. The molecule has 162 valence electrons. The van der Waals surface area contributed by atoms with Crippen molar-refractivity contribution in [1.29, 1.82) is 0 Å². The maximum Gasteiger partial charge on any atom is 0.407 e. The second kappa shape index (κ2) is 10.3. The van der Waals surface area contributed by atoms with Crippen molar-refractivity contribution in [3.8, 4) is 0 Å². The van der Waals surface area contributed by atoms with Gasteiger partial charge in [-0.25, -0.2) is 13.2 Å². The average molecular weight is 454 g/mol. The van der Waals surface area contributed by atoms with E-state index in [0.29, 0.717) is 6.42 Å². The first-order valence-electron chi connectivity index (χ1n) is 9.15. The van der Waals surface area contributed by atoms with Gasteiger partial charge in [0.05, 0.1) is 22.7 Å². The molecule has 0 fully saturated rings. The van der Waals surface area contributed by atoms with Crippen LogP contribution in [0.25, 0.3) is 0 Å². The van der Waals surface area contributed by atoms with Gasteiger partial charge in [-0.15, -0.1) is 0 Å². The number of carbonyl (C=O) groups excluding carboxylic acids is 2. The summed E-state index contributed by atoms with van der Waals surface area (Å²) in [4.78, 5) is 24.1. The number of sulfonamides is 1. The first-order chi connectivity index (χ1) is 14.1. The molecule has 0 aliphatic heterocycles. The highest BCUT2D eigenvalue weighted by molar-refractivity contribution is 7.92. The Labute approximate surface area is 181 Å². The predicted molar refractivity (Wildman–Crippen MR) is 116 cm³/mol. The zero-order chi connectivity index (χ0) is 22.3. The number of amides is 2. The quantitative estimate of drug-likeness (QED) is 0.561. The summed E-state index contributed by atoms with van der Waals surface area (Å²) < 4.78 is 32.4. The number of hydrogen-bond donors (Lipinski definition) is 3. The van der Waals surface area contributed by atoms with E-state index in [1.807, 2.05) is 13.8 Å². The smallest absolute Gasteiger partial charge is 0.407 e. The molecule has 10 heteroatoms. The van der Waals surface area contributed by atoms with Crippen molar-refractivity contribution in [2.45, 2.75) is 31.2 Å². The summed E-state index contributed by atoms with van der Waals surface area (Å²) >= 11 is 6.02. The molecule has 1 atom stereocenters. The lowest BCUT2D eigenvalue weighted by atomic mass is 10.0. The molecule has 2 amide bonds. The topological polar surface area (TPSA) is 114 Å². The third kappa shape index (κ3) is 6.64. The lowest BCUT2D eigenvalue weighted by Crippen LogP contribution is -2.44. The Morgan fingerprint density at radius 3 is 2.43 bits per heavy atom. The zero-order valence-electron chi connectivity index (χ0n) is 16.8. The molecule has 0 radical (unpaired) electrons. The van der Waals surface area contributed by atoms with Crippen LogP contribution in [0.1, 0.15) is 20.3 Å². The van der Waals surface area contributed by atoms with Crippen molar-refractivity contribution in [2.24, 2.45) is 5.92 Å². The number of anilines is 2. The van der Waals surface area contributed by atoms with Gasteiger partial charge in [-0.3, -0.25) is 9.52 Å². The number of para-hydroxylation sites is 1. The summed E-state index contributed by atoms with van der Waals surface area (Å²) in [6.45, 7) is 3.82. The summed E-state index contributed by atoms with van der Waals surface area (Å²) in [5.74, 6) is -0.354. The Morgan fingerprint density at radius 2 is 1.80 bits per heavy atom. The molecular formula is C20H24ClN3O5S. The summed E-state index contributed by atoms with van der Waals surface area (Å²) in [6, 6.07) is 11.4. The van der Waals surface area contributed by atoms with Crippen LogP contribution in [0.2, 0.25) is 5.02 Å².